The van der Waals surface area contributed by atoms with E-state index in [1.807, 2.05) is 0 Å². The maximum absolute atomic E-state index is 15.2. The fourth-order valence-corrected chi connectivity index (χ4v) is 2.85. The molecule has 0 bridgehead atoms. The highest BCUT2D eigenvalue weighted by Gasteiger charge is 2.41. The van der Waals surface area contributed by atoms with Gasteiger partial charge in [-0.3, -0.25) is 4.98 Å². The van der Waals surface area contributed by atoms with Gasteiger partial charge in [0.1, 0.15) is 5.60 Å². The molecule has 1 aromatic rings. The molecule has 1 amide bonds. The number of alkyl halides is 1. The Morgan fingerprint density at radius 3 is 2.57 bits per heavy atom. The van der Waals surface area contributed by atoms with Gasteiger partial charge in [-0.25, -0.2) is 9.18 Å². The number of ether oxygens (including phenoxy) is 1. The molecule has 2 heterocycles. The third kappa shape index (κ3) is 4.22. The Morgan fingerprint density at radius 2 is 2.09 bits per heavy atom. The van der Waals surface area contributed by atoms with Crippen molar-refractivity contribution >= 4 is 23.8 Å². The van der Waals surface area contributed by atoms with Gasteiger partial charge in [0.25, 0.3) is 0 Å². The number of hydrogen-bond donors (Lipinski definition) is 0. The van der Waals surface area contributed by atoms with Crippen molar-refractivity contribution in [2.75, 3.05) is 13.1 Å². The number of piperidine rings is 1. The van der Waals surface area contributed by atoms with Crippen LogP contribution in [0.25, 0.3) is 6.08 Å². The van der Waals surface area contributed by atoms with E-state index in [1.54, 1.807) is 39.1 Å². The van der Waals surface area contributed by atoms with E-state index in [9.17, 15) is 4.79 Å². The van der Waals surface area contributed by atoms with Crippen molar-refractivity contribution in [1.82, 2.24) is 9.88 Å². The zero-order valence-corrected chi connectivity index (χ0v) is 14.5. The SMILES string of the molecule is C=Cc1cnc(C2(F)CCN(C(=O)OC(C)(C)C)CC2)c(Cl)c1. The van der Waals surface area contributed by atoms with E-state index >= 15 is 4.39 Å². The standard InChI is InChI=1S/C17H22ClFN2O2/c1-5-12-10-13(18)14(20-11-12)17(19)6-8-21(9-7-17)15(22)23-16(2,3)4/h5,10-11H,1,6-9H2,2-4H3. The van der Waals surface area contributed by atoms with Gasteiger partial charge in [0.2, 0.25) is 0 Å². The Hall–Kier alpha value is -1.62. The van der Waals surface area contributed by atoms with Crippen LogP contribution in [0.5, 0.6) is 0 Å². The van der Waals surface area contributed by atoms with Crippen molar-refractivity contribution in [3.8, 4) is 0 Å². The lowest BCUT2D eigenvalue weighted by Crippen LogP contribution is -2.45. The highest BCUT2D eigenvalue weighted by atomic mass is 35.5. The van der Waals surface area contributed by atoms with E-state index in [1.165, 1.54) is 4.90 Å². The quantitative estimate of drug-likeness (QED) is 0.791. The van der Waals surface area contributed by atoms with Gasteiger partial charge in [0.15, 0.2) is 5.67 Å². The predicted octanol–water partition coefficient (Wildman–Crippen LogP) is 4.57. The van der Waals surface area contributed by atoms with Crippen LogP contribution < -0.4 is 0 Å². The molecular weight excluding hydrogens is 319 g/mol. The molecule has 1 aromatic heterocycles. The third-order valence-corrected chi connectivity index (χ3v) is 4.02. The molecule has 0 aromatic carbocycles. The van der Waals surface area contributed by atoms with Gasteiger partial charge in [-0.1, -0.05) is 24.3 Å². The number of amides is 1. The fraction of sp³-hybridized carbons (Fsp3) is 0.529. The lowest BCUT2D eigenvalue weighted by molar-refractivity contribution is 0.00129. The maximum atomic E-state index is 15.2. The first-order valence-corrected chi connectivity index (χ1v) is 7.98. The molecule has 6 heteroatoms. The van der Waals surface area contributed by atoms with Crippen molar-refractivity contribution in [3.05, 3.63) is 35.1 Å². The first-order valence-electron chi connectivity index (χ1n) is 7.60. The number of carbonyl (C=O) groups excluding carboxylic acids is 1. The Kier molecular flexibility index (Phi) is 4.99. The minimum absolute atomic E-state index is 0.145. The second-order valence-electron chi connectivity index (χ2n) is 6.74. The zero-order chi connectivity index (χ0) is 17.3. The molecule has 0 atom stereocenters. The number of aromatic nitrogens is 1. The number of carbonyl (C=O) groups is 1. The minimum atomic E-state index is -1.63. The second-order valence-corrected chi connectivity index (χ2v) is 7.14. The summed E-state index contributed by atoms with van der Waals surface area (Å²) in [6.45, 7) is 9.59. The van der Waals surface area contributed by atoms with E-state index in [4.69, 9.17) is 16.3 Å². The number of pyridine rings is 1. The number of halogens is 2. The van der Waals surface area contributed by atoms with E-state index in [2.05, 4.69) is 11.6 Å². The average molecular weight is 341 g/mol. The van der Waals surface area contributed by atoms with Crippen LogP contribution in [0.1, 0.15) is 44.9 Å². The summed E-state index contributed by atoms with van der Waals surface area (Å²) < 4.78 is 20.5. The van der Waals surface area contributed by atoms with Crippen LogP contribution in [0.3, 0.4) is 0 Å². The van der Waals surface area contributed by atoms with Crippen molar-refractivity contribution in [2.24, 2.45) is 0 Å². The monoisotopic (exact) mass is 340 g/mol. The van der Waals surface area contributed by atoms with E-state index in [0.717, 1.165) is 5.56 Å². The largest absolute Gasteiger partial charge is 0.444 e. The zero-order valence-electron chi connectivity index (χ0n) is 13.7. The number of nitrogens with zero attached hydrogens (tertiary/aromatic N) is 2. The van der Waals surface area contributed by atoms with Crippen LogP contribution in [0.4, 0.5) is 9.18 Å². The predicted molar refractivity (Wildman–Crippen MR) is 89.2 cm³/mol. The molecule has 1 fully saturated rings. The molecule has 0 spiro atoms. The molecule has 1 aliphatic rings. The molecule has 0 saturated carbocycles. The van der Waals surface area contributed by atoms with Crippen molar-refractivity contribution in [3.63, 3.8) is 0 Å². The summed E-state index contributed by atoms with van der Waals surface area (Å²) >= 11 is 6.16. The highest BCUT2D eigenvalue weighted by molar-refractivity contribution is 6.31. The second kappa shape index (κ2) is 6.48. The minimum Gasteiger partial charge on any atom is -0.444 e. The number of rotatable bonds is 2. The summed E-state index contributed by atoms with van der Waals surface area (Å²) in [5.41, 5.74) is -1.22. The van der Waals surface area contributed by atoms with Crippen LogP contribution in [0.2, 0.25) is 5.02 Å². The Morgan fingerprint density at radius 1 is 1.48 bits per heavy atom. The third-order valence-electron chi connectivity index (χ3n) is 3.73. The fourth-order valence-electron chi connectivity index (χ4n) is 2.50. The summed E-state index contributed by atoms with van der Waals surface area (Å²) in [5.74, 6) is 0. The highest BCUT2D eigenvalue weighted by Crippen LogP contribution is 2.39. The van der Waals surface area contributed by atoms with Crippen molar-refractivity contribution in [2.45, 2.75) is 44.9 Å². The number of likely N-dealkylation sites (tertiary alicyclic amines) is 1. The topological polar surface area (TPSA) is 42.4 Å². The smallest absolute Gasteiger partial charge is 0.410 e. The van der Waals surface area contributed by atoms with Gasteiger partial charge in [0.05, 0.1) is 10.7 Å². The molecule has 0 radical (unpaired) electrons. The van der Waals surface area contributed by atoms with Crippen LogP contribution in [-0.2, 0) is 10.4 Å². The Balaban J connectivity index is 2.08. The van der Waals surface area contributed by atoms with E-state index in [0.29, 0.717) is 0 Å². The van der Waals surface area contributed by atoms with Gasteiger partial charge in [-0.2, -0.15) is 0 Å². The molecule has 23 heavy (non-hydrogen) atoms. The maximum Gasteiger partial charge on any atom is 0.410 e. The lowest BCUT2D eigenvalue weighted by Gasteiger charge is -2.37. The first kappa shape index (κ1) is 17.7. The van der Waals surface area contributed by atoms with Gasteiger partial charge >= 0.3 is 6.09 Å². The van der Waals surface area contributed by atoms with E-state index in [-0.39, 0.29) is 36.6 Å². The molecule has 0 N–H and O–H groups in total. The first-order chi connectivity index (χ1) is 10.6. The molecule has 126 valence electrons. The van der Waals surface area contributed by atoms with Crippen LogP contribution in [-0.4, -0.2) is 34.7 Å². The summed E-state index contributed by atoms with van der Waals surface area (Å²) in [5, 5.41) is 0.288. The van der Waals surface area contributed by atoms with Crippen LogP contribution >= 0.6 is 11.6 Å². The summed E-state index contributed by atoms with van der Waals surface area (Å²) in [6.07, 6.45) is 3.04. The molecule has 1 aliphatic heterocycles. The molecule has 2 rings (SSSR count). The molecule has 1 saturated heterocycles. The van der Waals surface area contributed by atoms with Crippen LogP contribution in [0, 0.1) is 0 Å². The summed E-state index contributed by atoms with van der Waals surface area (Å²) in [4.78, 5) is 17.7. The van der Waals surface area contributed by atoms with Gasteiger partial charge < -0.3 is 9.64 Å². The average Bonchev–Trinajstić information content (AvgIpc) is 2.45. The van der Waals surface area contributed by atoms with Gasteiger partial charge in [-0.05, 0) is 32.4 Å². The molecule has 0 aliphatic carbocycles. The van der Waals surface area contributed by atoms with Gasteiger partial charge in [-0.15, -0.1) is 0 Å². The molecule has 0 unspecified atom stereocenters. The molecular formula is C17H22ClFN2O2. The van der Waals surface area contributed by atoms with Crippen molar-refractivity contribution in [1.29, 1.82) is 0 Å². The Bertz CT molecular complexity index is 605. The van der Waals surface area contributed by atoms with Crippen molar-refractivity contribution < 1.29 is 13.9 Å². The molecule has 4 nitrogen and oxygen atoms in total. The van der Waals surface area contributed by atoms with E-state index < -0.39 is 17.4 Å². The summed E-state index contributed by atoms with van der Waals surface area (Å²) in [6, 6.07) is 1.65. The lowest BCUT2D eigenvalue weighted by atomic mass is 9.89. The van der Waals surface area contributed by atoms with Gasteiger partial charge in [0, 0.05) is 32.1 Å². The Labute approximate surface area is 141 Å². The number of hydrogen-bond acceptors (Lipinski definition) is 3. The normalized spacial score (nSPS) is 17.7. The summed E-state index contributed by atoms with van der Waals surface area (Å²) in [7, 11) is 0. The van der Waals surface area contributed by atoms with Crippen LogP contribution in [0.15, 0.2) is 18.8 Å².